The van der Waals surface area contributed by atoms with Gasteiger partial charge in [-0.25, -0.2) is 4.79 Å². The molecule has 0 aromatic heterocycles. The molecule has 0 heterocycles. The number of hydrogen-bond acceptors (Lipinski definition) is 3. The summed E-state index contributed by atoms with van der Waals surface area (Å²) in [5.41, 5.74) is 1.41. The molecule has 3 nitrogen and oxygen atoms in total. The van der Waals surface area contributed by atoms with Gasteiger partial charge in [-0.15, -0.1) is 0 Å². The van der Waals surface area contributed by atoms with Gasteiger partial charge < -0.3 is 9.47 Å². The molecule has 0 aliphatic rings. The maximum atomic E-state index is 11.6. The summed E-state index contributed by atoms with van der Waals surface area (Å²) in [6.07, 6.45) is 0. The Morgan fingerprint density at radius 1 is 1.15 bits per heavy atom. The summed E-state index contributed by atoms with van der Waals surface area (Å²) in [6, 6.07) is 14.4. The number of esters is 1. The third kappa shape index (κ3) is 3.75. The van der Waals surface area contributed by atoms with Crippen LogP contribution in [0.3, 0.4) is 0 Å². The lowest BCUT2D eigenvalue weighted by atomic mass is 10.1. The van der Waals surface area contributed by atoms with Crippen LogP contribution in [-0.2, 0) is 11.3 Å². The molecule has 0 saturated heterocycles. The second kappa shape index (κ2) is 6.96. The van der Waals surface area contributed by atoms with Crippen LogP contribution in [0.5, 0.6) is 5.75 Å². The summed E-state index contributed by atoms with van der Waals surface area (Å²) >= 11 is 6.01. The lowest BCUT2D eigenvalue weighted by Gasteiger charge is -2.09. The maximum Gasteiger partial charge on any atom is 0.338 e. The third-order valence-electron chi connectivity index (χ3n) is 2.67. The van der Waals surface area contributed by atoms with Crippen molar-refractivity contribution in [3.05, 3.63) is 64.7 Å². The minimum atomic E-state index is -0.327. The van der Waals surface area contributed by atoms with E-state index in [1.165, 1.54) is 0 Å². The van der Waals surface area contributed by atoms with Crippen LogP contribution in [-0.4, -0.2) is 12.6 Å². The molecular weight excluding hydrogens is 276 g/mol. The Kier molecular flexibility index (Phi) is 5.02. The van der Waals surface area contributed by atoms with Gasteiger partial charge in [0.05, 0.1) is 17.2 Å². The minimum Gasteiger partial charge on any atom is -0.487 e. The van der Waals surface area contributed by atoms with Crippen molar-refractivity contribution >= 4 is 17.6 Å². The first-order chi connectivity index (χ1) is 9.70. The Balaban J connectivity index is 2.05. The van der Waals surface area contributed by atoms with Crippen molar-refractivity contribution in [2.75, 3.05) is 6.61 Å². The number of ether oxygens (including phenoxy) is 2. The number of halogens is 1. The summed E-state index contributed by atoms with van der Waals surface area (Å²) in [5, 5.41) is 0.564. The van der Waals surface area contributed by atoms with E-state index in [4.69, 9.17) is 21.1 Å². The first kappa shape index (κ1) is 14.4. The first-order valence-electron chi connectivity index (χ1n) is 6.34. The van der Waals surface area contributed by atoms with Gasteiger partial charge in [0.15, 0.2) is 0 Å². The Labute approximate surface area is 123 Å². The molecule has 0 saturated carbocycles. The second-order valence-electron chi connectivity index (χ2n) is 4.14. The molecule has 0 bridgehead atoms. The predicted molar refractivity (Wildman–Crippen MR) is 78.2 cm³/mol. The fourth-order valence-corrected chi connectivity index (χ4v) is 1.92. The van der Waals surface area contributed by atoms with Crippen LogP contribution in [0.4, 0.5) is 0 Å². The summed E-state index contributed by atoms with van der Waals surface area (Å²) in [4.78, 5) is 11.6. The van der Waals surface area contributed by atoms with E-state index in [2.05, 4.69) is 0 Å². The van der Waals surface area contributed by atoms with Crippen LogP contribution in [0.25, 0.3) is 0 Å². The van der Waals surface area contributed by atoms with Gasteiger partial charge >= 0.3 is 5.97 Å². The zero-order chi connectivity index (χ0) is 14.4. The third-order valence-corrected chi connectivity index (χ3v) is 2.98. The highest BCUT2D eigenvalue weighted by molar-refractivity contribution is 6.32. The SMILES string of the molecule is CCOC(=O)c1cccc(COc2ccccc2Cl)c1. The number of carbonyl (C=O) groups is 1. The molecule has 0 aliphatic carbocycles. The number of carbonyl (C=O) groups excluding carboxylic acids is 1. The van der Waals surface area contributed by atoms with Gasteiger partial charge in [0.25, 0.3) is 0 Å². The van der Waals surface area contributed by atoms with Gasteiger partial charge in [-0.2, -0.15) is 0 Å². The zero-order valence-corrected chi connectivity index (χ0v) is 11.9. The molecule has 0 N–H and O–H groups in total. The highest BCUT2D eigenvalue weighted by Gasteiger charge is 2.07. The van der Waals surface area contributed by atoms with Gasteiger partial charge in [0, 0.05) is 0 Å². The molecule has 0 unspecified atom stereocenters. The topological polar surface area (TPSA) is 35.5 Å². The van der Waals surface area contributed by atoms with Gasteiger partial charge in [-0.1, -0.05) is 35.9 Å². The highest BCUT2D eigenvalue weighted by Crippen LogP contribution is 2.24. The molecule has 0 fully saturated rings. The maximum absolute atomic E-state index is 11.6. The van der Waals surface area contributed by atoms with Gasteiger partial charge in [-0.3, -0.25) is 0 Å². The number of para-hydroxylation sites is 1. The fourth-order valence-electron chi connectivity index (χ4n) is 1.73. The minimum absolute atomic E-state index is 0.327. The normalized spacial score (nSPS) is 10.1. The summed E-state index contributed by atoms with van der Waals surface area (Å²) in [5.74, 6) is 0.294. The predicted octanol–water partition coefficient (Wildman–Crippen LogP) is 4.10. The summed E-state index contributed by atoms with van der Waals surface area (Å²) in [6.45, 7) is 2.48. The molecule has 20 heavy (non-hydrogen) atoms. The average molecular weight is 291 g/mol. The van der Waals surface area contributed by atoms with Crippen LogP contribution >= 0.6 is 11.6 Å². The Hall–Kier alpha value is -2.00. The van der Waals surface area contributed by atoms with E-state index in [-0.39, 0.29) is 5.97 Å². The molecule has 104 valence electrons. The summed E-state index contributed by atoms with van der Waals surface area (Å²) in [7, 11) is 0. The van der Waals surface area contributed by atoms with Crippen LogP contribution in [0.1, 0.15) is 22.8 Å². The van der Waals surface area contributed by atoms with E-state index >= 15 is 0 Å². The van der Waals surface area contributed by atoms with Gasteiger partial charge in [0.2, 0.25) is 0 Å². The molecule has 0 radical (unpaired) electrons. The molecule has 0 atom stereocenters. The zero-order valence-electron chi connectivity index (χ0n) is 11.1. The van der Waals surface area contributed by atoms with Crippen LogP contribution in [0.2, 0.25) is 5.02 Å². The van der Waals surface area contributed by atoms with Crippen molar-refractivity contribution in [1.82, 2.24) is 0 Å². The van der Waals surface area contributed by atoms with Crippen LogP contribution < -0.4 is 4.74 Å². The van der Waals surface area contributed by atoms with Crippen LogP contribution in [0.15, 0.2) is 48.5 Å². The Morgan fingerprint density at radius 3 is 2.70 bits per heavy atom. The van der Waals surface area contributed by atoms with E-state index in [9.17, 15) is 4.79 Å². The van der Waals surface area contributed by atoms with Crippen molar-refractivity contribution in [1.29, 1.82) is 0 Å². The van der Waals surface area contributed by atoms with Gasteiger partial charge in [-0.05, 0) is 36.8 Å². The molecule has 0 amide bonds. The lowest BCUT2D eigenvalue weighted by Crippen LogP contribution is -2.05. The number of hydrogen-bond donors (Lipinski definition) is 0. The Morgan fingerprint density at radius 2 is 1.95 bits per heavy atom. The van der Waals surface area contributed by atoms with E-state index in [1.807, 2.05) is 18.2 Å². The molecule has 2 rings (SSSR count). The Bertz CT molecular complexity index is 596. The van der Waals surface area contributed by atoms with Crippen molar-refractivity contribution in [3.8, 4) is 5.75 Å². The monoisotopic (exact) mass is 290 g/mol. The standard InChI is InChI=1S/C16H15ClO3/c1-2-19-16(18)13-7-5-6-12(10-13)11-20-15-9-4-3-8-14(15)17/h3-10H,2,11H2,1H3. The fraction of sp³-hybridized carbons (Fsp3) is 0.188. The number of benzene rings is 2. The van der Waals surface area contributed by atoms with E-state index < -0.39 is 0 Å². The first-order valence-corrected chi connectivity index (χ1v) is 6.72. The smallest absolute Gasteiger partial charge is 0.338 e. The highest BCUT2D eigenvalue weighted by atomic mass is 35.5. The average Bonchev–Trinajstić information content (AvgIpc) is 2.47. The van der Waals surface area contributed by atoms with E-state index in [0.717, 1.165) is 5.56 Å². The van der Waals surface area contributed by atoms with E-state index in [1.54, 1.807) is 37.3 Å². The van der Waals surface area contributed by atoms with E-state index in [0.29, 0.717) is 29.5 Å². The second-order valence-corrected chi connectivity index (χ2v) is 4.55. The van der Waals surface area contributed by atoms with Crippen molar-refractivity contribution < 1.29 is 14.3 Å². The largest absolute Gasteiger partial charge is 0.487 e. The summed E-state index contributed by atoms with van der Waals surface area (Å²) < 4.78 is 10.6. The molecule has 0 aliphatic heterocycles. The molecule has 0 spiro atoms. The quantitative estimate of drug-likeness (QED) is 0.778. The van der Waals surface area contributed by atoms with Crippen molar-refractivity contribution in [2.24, 2.45) is 0 Å². The molecule has 2 aromatic rings. The van der Waals surface area contributed by atoms with Gasteiger partial charge in [0.1, 0.15) is 12.4 Å². The van der Waals surface area contributed by atoms with Crippen molar-refractivity contribution in [3.63, 3.8) is 0 Å². The molecule has 2 aromatic carbocycles. The molecule has 4 heteroatoms. The molecular formula is C16H15ClO3. The number of rotatable bonds is 5. The van der Waals surface area contributed by atoms with Crippen molar-refractivity contribution in [2.45, 2.75) is 13.5 Å². The lowest BCUT2D eigenvalue weighted by molar-refractivity contribution is 0.0526. The van der Waals surface area contributed by atoms with Crippen LogP contribution in [0, 0.1) is 0 Å².